The van der Waals surface area contributed by atoms with Gasteiger partial charge in [0.25, 0.3) is 11.8 Å². The van der Waals surface area contributed by atoms with E-state index in [1.807, 2.05) is 6.92 Å². The Bertz CT molecular complexity index is 849. The molecular weight excluding hydrogens is 376 g/mol. The fourth-order valence-electron chi connectivity index (χ4n) is 2.31. The van der Waals surface area contributed by atoms with Gasteiger partial charge in [-0.2, -0.15) is 0 Å². The first kappa shape index (κ1) is 21.6. The lowest BCUT2D eigenvalue weighted by molar-refractivity contribution is -0.148. The van der Waals surface area contributed by atoms with Crippen molar-refractivity contribution in [1.82, 2.24) is 10.9 Å². The molecule has 29 heavy (non-hydrogen) atoms. The number of rotatable bonds is 9. The molecule has 2 aromatic rings. The second kappa shape index (κ2) is 11.2. The van der Waals surface area contributed by atoms with Crippen LogP contribution in [0.1, 0.15) is 40.5 Å². The molecule has 2 rings (SSSR count). The van der Waals surface area contributed by atoms with Crippen LogP contribution in [0.3, 0.4) is 0 Å². The van der Waals surface area contributed by atoms with Crippen LogP contribution >= 0.6 is 0 Å². The molecule has 0 aliphatic carbocycles. The quantitative estimate of drug-likeness (QED) is 0.380. The monoisotopic (exact) mass is 398 g/mol. The van der Waals surface area contributed by atoms with E-state index >= 15 is 0 Å². The fraction of sp³-hybridized carbons (Fsp3) is 0.238. The van der Waals surface area contributed by atoms with Gasteiger partial charge in [-0.15, -0.1) is 0 Å². The topological polar surface area (TPSA) is 111 Å². The Morgan fingerprint density at radius 2 is 1.52 bits per heavy atom. The van der Waals surface area contributed by atoms with Gasteiger partial charge in [-0.1, -0.05) is 18.2 Å². The van der Waals surface area contributed by atoms with E-state index in [1.165, 1.54) is 0 Å². The molecule has 2 aromatic carbocycles. The molecule has 2 N–H and O–H groups in total. The Morgan fingerprint density at radius 1 is 0.828 bits per heavy atom. The number of amides is 2. The number of ether oxygens (including phenoxy) is 2. The van der Waals surface area contributed by atoms with Crippen LogP contribution in [0.25, 0.3) is 0 Å². The summed E-state index contributed by atoms with van der Waals surface area (Å²) in [7, 11) is 0. The molecule has 0 spiro atoms. The lowest BCUT2D eigenvalue weighted by Crippen LogP contribution is -2.43. The molecule has 152 valence electrons. The third-order valence-corrected chi connectivity index (χ3v) is 3.76. The number of Topliss-reactive ketones (excluding diaryl/α,β-unsaturated/α-hetero) is 1. The third kappa shape index (κ3) is 7.45. The second-order valence-electron chi connectivity index (χ2n) is 5.91. The summed E-state index contributed by atoms with van der Waals surface area (Å²) in [6.07, 6.45) is -0.200. The second-order valence-corrected chi connectivity index (χ2v) is 5.91. The Hall–Kier alpha value is -3.68. The van der Waals surface area contributed by atoms with Gasteiger partial charge < -0.3 is 9.47 Å². The van der Waals surface area contributed by atoms with E-state index in [1.54, 1.807) is 54.6 Å². The van der Waals surface area contributed by atoms with Crippen LogP contribution in [0.15, 0.2) is 54.6 Å². The van der Waals surface area contributed by atoms with Crippen LogP contribution in [0.4, 0.5) is 0 Å². The summed E-state index contributed by atoms with van der Waals surface area (Å²) in [4.78, 5) is 47.2. The van der Waals surface area contributed by atoms with E-state index in [0.717, 1.165) is 0 Å². The number of esters is 1. The largest absolute Gasteiger partial charge is 0.494 e. The molecule has 0 aliphatic heterocycles. The SMILES string of the molecule is CCOc1ccc(C(=O)CCC(=O)OCC(=O)NNC(=O)c2ccccc2)cc1. The highest BCUT2D eigenvalue weighted by atomic mass is 16.5. The number of hydrogen-bond donors (Lipinski definition) is 2. The lowest BCUT2D eigenvalue weighted by atomic mass is 10.1. The van der Waals surface area contributed by atoms with Crippen molar-refractivity contribution in [3.05, 3.63) is 65.7 Å². The molecule has 0 atom stereocenters. The standard InChI is InChI=1S/C21H22N2O6/c1-2-28-17-10-8-15(9-11-17)18(24)12-13-20(26)29-14-19(25)22-23-21(27)16-6-4-3-5-7-16/h3-11H,2,12-14H2,1H3,(H,22,25)(H,23,27). The van der Waals surface area contributed by atoms with E-state index in [0.29, 0.717) is 23.5 Å². The third-order valence-electron chi connectivity index (χ3n) is 3.76. The molecule has 8 nitrogen and oxygen atoms in total. The van der Waals surface area contributed by atoms with Gasteiger partial charge in [0.1, 0.15) is 5.75 Å². The van der Waals surface area contributed by atoms with Gasteiger partial charge in [0.05, 0.1) is 13.0 Å². The average molecular weight is 398 g/mol. The van der Waals surface area contributed by atoms with Gasteiger partial charge in [-0.3, -0.25) is 30.0 Å². The van der Waals surface area contributed by atoms with Gasteiger partial charge in [0, 0.05) is 17.5 Å². The van der Waals surface area contributed by atoms with Gasteiger partial charge >= 0.3 is 5.97 Å². The van der Waals surface area contributed by atoms with Crippen LogP contribution < -0.4 is 15.6 Å². The van der Waals surface area contributed by atoms with Crippen molar-refractivity contribution in [2.75, 3.05) is 13.2 Å². The first-order chi connectivity index (χ1) is 14.0. The molecule has 0 radical (unpaired) electrons. The highest BCUT2D eigenvalue weighted by Gasteiger charge is 2.13. The maximum absolute atomic E-state index is 12.1. The number of hydrogen-bond acceptors (Lipinski definition) is 6. The summed E-state index contributed by atoms with van der Waals surface area (Å²) >= 11 is 0. The fourth-order valence-corrected chi connectivity index (χ4v) is 2.31. The number of carbonyl (C=O) groups is 4. The molecule has 0 saturated heterocycles. The van der Waals surface area contributed by atoms with Crippen molar-refractivity contribution in [1.29, 1.82) is 0 Å². The Labute approximate surface area is 168 Å². The molecule has 0 bridgehead atoms. The zero-order valence-electron chi connectivity index (χ0n) is 16.0. The van der Waals surface area contributed by atoms with E-state index in [9.17, 15) is 19.2 Å². The summed E-state index contributed by atoms with van der Waals surface area (Å²) in [5.41, 5.74) is 5.20. The predicted octanol–water partition coefficient (Wildman–Crippen LogP) is 2.05. The Kier molecular flexibility index (Phi) is 8.37. The van der Waals surface area contributed by atoms with E-state index < -0.39 is 24.4 Å². The van der Waals surface area contributed by atoms with Gasteiger partial charge in [0.2, 0.25) is 0 Å². The molecule has 0 saturated carbocycles. The van der Waals surface area contributed by atoms with Crippen LogP contribution in [0.5, 0.6) is 5.75 Å². The summed E-state index contributed by atoms with van der Waals surface area (Å²) in [6.45, 7) is 1.83. The van der Waals surface area contributed by atoms with Crippen molar-refractivity contribution in [2.24, 2.45) is 0 Å². The Balaban J connectivity index is 1.66. The smallest absolute Gasteiger partial charge is 0.306 e. The molecular formula is C21H22N2O6. The maximum atomic E-state index is 12.1. The van der Waals surface area contributed by atoms with Gasteiger partial charge in [-0.05, 0) is 43.3 Å². The minimum Gasteiger partial charge on any atom is -0.494 e. The summed E-state index contributed by atoms with van der Waals surface area (Å²) < 4.78 is 10.1. The van der Waals surface area contributed by atoms with Crippen LogP contribution in [-0.4, -0.2) is 36.8 Å². The average Bonchev–Trinajstić information content (AvgIpc) is 2.75. The number of ketones is 1. The van der Waals surface area contributed by atoms with Crippen LogP contribution in [0.2, 0.25) is 0 Å². The summed E-state index contributed by atoms with van der Waals surface area (Å²) in [5, 5.41) is 0. The molecule has 0 fully saturated rings. The van der Waals surface area contributed by atoms with Crippen LogP contribution in [0, 0.1) is 0 Å². The van der Waals surface area contributed by atoms with Crippen molar-refractivity contribution in [3.8, 4) is 5.75 Å². The number of benzene rings is 2. The first-order valence-electron chi connectivity index (χ1n) is 9.05. The van der Waals surface area contributed by atoms with Gasteiger partial charge in [0.15, 0.2) is 12.4 Å². The molecule has 2 amide bonds. The Morgan fingerprint density at radius 3 is 2.17 bits per heavy atom. The van der Waals surface area contributed by atoms with Crippen molar-refractivity contribution < 1.29 is 28.7 Å². The minimum atomic E-state index is -0.694. The van der Waals surface area contributed by atoms with Crippen LogP contribution in [-0.2, 0) is 14.3 Å². The number of nitrogens with one attached hydrogen (secondary N) is 2. The van der Waals surface area contributed by atoms with E-state index in [4.69, 9.17) is 9.47 Å². The summed E-state index contributed by atoms with van der Waals surface area (Å²) in [6, 6.07) is 14.9. The highest BCUT2D eigenvalue weighted by Crippen LogP contribution is 2.14. The molecule has 0 heterocycles. The first-order valence-corrected chi connectivity index (χ1v) is 9.05. The molecule has 0 aliphatic rings. The molecule has 0 unspecified atom stereocenters. The van der Waals surface area contributed by atoms with Crippen molar-refractivity contribution in [3.63, 3.8) is 0 Å². The minimum absolute atomic E-state index is 0.0425. The zero-order valence-corrected chi connectivity index (χ0v) is 16.0. The van der Waals surface area contributed by atoms with Crippen molar-refractivity contribution >= 4 is 23.6 Å². The van der Waals surface area contributed by atoms with E-state index in [-0.39, 0.29) is 18.6 Å². The predicted molar refractivity (Wildman–Crippen MR) is 104 cm³/mol. The summed E-state index contributed by atoms with van der Waals surface area (Å²) in [5.74, 6) is -1.43. The molecule has 8 heteroatoms. The zero-order chi connectivity index (χ0) is 21.1. The van der Waals surface area contributed by atoms with Crippen molar-refractivity contribution in [2.45, 2.75) is 19.8 Å². The van der Waals surface area contributed by atoms with E-state index in [2.05, 4.69) is 10.9 Å². The normalized spacial score (nSPS) is 9.97. The highest BCUT2D eigenvalue weighted by molar-refractivity contribution is 5.98. The molecule has 0 aromatic heterocycles. The number of carbonyl (C=O) groups excluding carboxylic acids is 4. The lowest BCUT2D eigenvalue weighted by Gasteiger charge is -2.08. The maximum Gasteiger partial charge on any atom is 0.306 e. The van der Waals surface area contributed by atoms with Gasteiger partial charge in [-0.25, -0.2) is 0 Å². The number of hydrazine groups is 1.